The summed E-state index contributed by atoms with van der Waals surface area (Å²) in [5.41, 5.74) is 2.24. The number of rotatable bonds is 6. The van der Waals surface area contributed by atoms with Gasteiger partial charge >= 0.3 is 11.9 Å². The van der Waals surface area contributed by atoms with Gasteiger partial charge in [0.25, 0.3) is 10.0 Å². The number of carbonyl (C=O) groups is 2. The standard InChI is InChI=1S/C19H21N3O2S.C9H8O4/c23-25(24,17-6-2-1-3-7-17)22-12-9-18-16(5-4-8-19(18)22)15-21-13-10-20-11-14-21;1-5-6(8(10)11)3-2-4-7(5)9(12)13/h1-9,12,20H,10-11,13-15H2;2-4H,1H3,(H,10,11)(H,12,13). The number of benzene rings is 3. The zero-order valence-electron chi connectivity index (χ0n) is 20.9. The Morgan fingerprint density at radius 2 is 1.45 bits per heavy atom. The lowest BCUT2D eigenvalue weighted by molar-refractivity contribution is 0.0696. The van der Waals surface area contributed by atoms with Crippen molar-refractivity contribution in [3.05, 3.63) is 101 Å². The van der Waals surface area contributed by atoms with E-state index in [-0.39, 0.29) is 16.7 Å². The van der Waals surface area contributed by atoms with Crippen molar-refractivity contribution < 1.29 is 28.2 Å². The predicted molar refractivity (Wildman–Crippen MR) is 144 cm³/mol. The van der Waals surface area contributed by atoms with Crippen LogP contribution in [0.25, 0.3) is 10.9 Å². The molecular weight excluding hydrogens is 506 g/mol. The predicted octanol–water partition coefficient (Wildman–Crippen LogP) is 3.67. The molecule has 5 rings (SSSR count). The van der Waals surface area contributed by atoms with E-state index in [0.717, 1.165) is 43.6 Å². The van der Waals surface area contributed by atoms with Crippen LogP contribution in [-0.4, -0.2) is 65.6 Å². The summed E-state index contributed by atoms with van der Waals surface area (Å²) >= 11 is 0. The number of hydrogen-bond acceptors (Lipinski definition) is 6. The van der Waals surface area contributed by atoms with Gasteiger partial charge < -0.3 is 15.5 Å². The smallest absolute Gasteiger partial charge is 0.335 e. The van der Waals surface area contributed by atoms with Gasteiger partial charge in [-0.15, -0.1) is 0 Å². The molecule has 0 saturated carbocycles. The van der Waals surface area contributed by atoms with E-state index in [1.54, 1.807) is 30.5 Å². The number of aromatic carboxylic acids is 2. The number of piperazine rings is 1. The van der Waals surface area contributed by atoms with E-state index in [1.807, 2.05) is 24.3 Å². The molecule has 0 amide bonds. The molecule has 1 aliphatic heterocycles. The molecule has 0 unspecified atom stereocenters. The minimum absolute atomic E-state index is 0.0277. The Hall–Kier alpha value is -3.99. The third kappa shape index (κ3) is 5.77. The van der Waals surface area contributed by atoms with Gasteiger partial charge in [0.2, 0.25) is 0 Å². The number of carboxylic acids is 2. The molecular formula is C28H29N3O6S. The Morgan fingerprint density at radius 3 is 2.05 bits per heavy atom. The summed E-state index contributed by atoms with van der Waals surface area (Å²) in [5.74, 6) is -2.22. The third-order valence-electron chi connectivity index (χ3n) is 6.49. The normalized spacial score (nSPS) is 14.0. The number of nitrogens with one attached hydrogen (secondary N) is 1. The van der Waals surface area contributed by atoms with Gasteiger partial charge in [-0.2, -0.15) is 0 Å². The monoisotopic (exact) mass is 535 g/mol. The first kappa shape index (κ1) is 27.1. The lowest BCUT2D eigenvalue weighted by Crippen LogP contribution is -2.42. The molecule has 0 atom stereocenters. The van der Waals surface area contributed by atoms with Crippen molar-refractivity contribution in [3.63, 3.8) is 0 Å². The molecule has 3 aromatic carbocycles. The molecule has 1 aromatic heterocycles. The molecule has 4 aromatic rings. The van der Waals surface area contributed by atoms with Gasteiger partial charge in [0, 0.05) is 44.3 Å². The van der Waals surface area contributed by atoms with Crippen molar-refractivity contribution in [2.24, 2.45) is 0 Å². The van der Waals surface area contributed by atoms with Crippen LogP contribution in [0.5, 0.6) is 0 Å². The Morgan fingerprint density at radius 1 is 0.842 bits per heavy atom. The highest BCUT2D eigenvalue weighted by molar-refractivity contribution is 7.90. The van der Waals surface area contributed by atoms with E-state index in [4.69, 9.17) is 10.2 Å². The van der Waals surface area contributed by atoms with E-state index < -0.39 is 22.0 Å². The van der Waals surface area contributed by atoms with Gasteiger partial charge in [0.15, 0.2) is 0 Å². The van der Waals surface area contributed by atoms with Crippen molar-refractivity contribution in [2.75, 3.05) is 26.2 Å². The molecule has 9 nitrogen and oxygen atoms in total. The Labute approximate surface area is 221 Å². The molecule has 10 heteroatoms. The van der Waals surface area contributed by atoms with Crippen LogP contribution >= 0.6 is 0 Å². The summed E-state index contributed by atoms with van der Waals surface area (Å²) in [7, 11) is -3.58. The van der Waals surface area contributed by atoms with Crippen molar-refractivity contribution in [1.29, 1.82) is 0 Å². The zero-order valence-corrected chi connectivity index (χ0v) is 21.7. The van der Waals surface area contributed by atoms with Crippen LogP contribution in [-0.2, 0) is 16.6 Å². The van der Waals surface area contributed by atoms with Gasteiger partial charge in [0.1, 0.15) is 0 Å². The Kier molecular flexibility index (Phi) is 8.26. The first-order chi connectivity index (χ1) is 18.2. The second kappa shape index (κ2) is 11.6. The SMILES string of the molecule is Cc1c(C(=O)O)cccc1C(=O)O.O=S(=O)(c1ccccc1)n1ccc2c(CN3CCNCC3)cccc21. The molecule has 0 bridgehead atoms. The first-order valence-electron chi connectivity index (χ1n) is 12.1. The molecule has 38 heavy (non-hydrogen) atoms. The fraction of sp³-hybridized carbons (Fsp3) is 0.214. The minimum Gasteiger partial charge on any atom is -0.478 e. The van der Waals surface area contributed by atoms with Crippen LogP contribution < -0.4 is 5.32 Å². The Balaban J connectivity index is 0.000000219. The van der Waals surface area contributed by atoms with Crippen LogP contribution in [0.1, 0.15) is 31.8 Å². The van der Waals surface area contributed by atoms with Crippen molar-refractivity contribution >= 4 is 32.9 Å². The van der Waals surface area contributed by atoms with Crippen LogP contribution in [0.3, 0.4) is 0 Å². The molecule has 1 saturated heterocycles. The van der Waals surface area contributed by atoms with Crippen LogP contribution in [0.15, 0.2) is 83.9 Å². The fourth-order valence-corrected chi connectivity index (χ4v) is 5.84. The molecule has 0 spiro atoms. The van der Waals surface area contributed by atoms with Gasteiger partial charge in [-0.1, -0.05) is 36.4 Å². The summed E-state index contributed by atoms with van der Waals surface area (Å²) in [6.07, 6.45) is 1.66. The maximum Gasteiger partial charge on any atom is 0.335 e. The molecule has 0 aliphatic carbocycles. The van der Waals surface area contributed by atoms with Gasteiger partial charge in [-0.25, -0.2) is 22.0 Å². The number of aromatic nitrogens is 1. The maximum absolute atomic E-state index is 13.0. The number of hydrogen-bond donors (Lipinski definition) is 3. The number of fused-ring (bicyclic) bond motifs is 1. The van der Waals surface area contributed by atoms with Crippen molar-refractivity contribution in [3.8, 4) is 0 Å². The summed E-state index contributed by atoms with van der Waals surface area (Å²) < 4.78 is 27.3. The Bertz CT molecular complexity index is 1530. The quantitative estimate of drug-likeness (QED) is 0.341. The van der Waals surface area contributed by atoms with Gasteiger partial charge in [-0.3, -0.25) is 4.90 Å². The lowest BCUT2D eigenvalue weighted by atomic mass is 10.0. The van der Waals surface area contributed by atoms with Crippen molar-refractivity contribution in [1.82, 2.24) is 14.2 Å². The summed E-state index contributed by atoms with van der Waals surface area (Å²) in [6, 6.07) is 20.6. The summed E-state index contributed by atoms with van der Waals surface area (Å²) in [5, 5.41) is 21.7. The summed E-state index contributed by atoms with van der Waals surface area (Å²) in [4.78, 5) is 23.9. The van der Waals surface area contributed by atoms with E-state index >= 15 is 0 Å². The van der Waals surface area contributed by atoms with E-state index in [0.29, 0.717) is 4.90 Å². The molecule has 2 heterocycles. The average Bonchev–Trinajstić information content (AvgIpc) is 3.36. The molecule has 198 valence electrons. The minimum atomic E-state index is -3.58. The molecule has 0 radical (unpaired) electrons. The van der Waals surface area contributed by atoms with E-state index in [2.05, 4.69) is 16.3 Å². The van der Waals surface area contributed by atoms with Crippen LogP contribution in [0.4, 0.5) is 0 Å². The molecule has 1 aliphatic rings. The molecule has 3 N–H and O–H groups in total. The topological polar surface area (TPSA) is 129 Å². The highest BCUT2D eigenvalue weighted by Gasteiger charge is 2.20. The van der Waals surface area contributed by atoms with Crippen molar-refractivity contribution in [2.45, 2.75) is 18.4 Å². The highest BCUT2D eigenvalue weighted by atomic mass is 32.2. The van der Waals surface area contributed by atoms with Gasteiger partial charge in [0.05, 0.1) is 21.5 Å². The van der Waals surface area contributed by atoms with E-state index in [9.17, 15) is 18.0 Å². The van der Waals surface area contributed by atoms with Crippen LogP contribution in [0.2, 0.25) is 0 Å². The fourth-order valence-electron chi connectivity index (χ4n) is 4.47. The molecule has 1 fully saturated rings. The maximum atomic E-state index is 13.0. The summed E-state index contributed by atoms with van der Waals surface area (Å²) in [6.45, 7) is 6.35. The van der Waals surface area contributed by atoms with Gasteiger partial charge in [-0.05, 0) is 54.4 Å². The second-order valence-electron chi connectivity index (χ2n) is 8.89. The number of nitrogens with zero attached hydrogens (tertiary/aromatic N) is 2. The second-order valence-corrected chi connectivity index (χ2v) is 10.7. The first-order valence-corrected chi connectivity index (χ1v) is 13.5. The number of carboxylic acid groups (broad SMARTS) is 2. The largest absolute Gasteiger partial charge is 0.478 e. The van der Waals surface area contributed by atoms with E-state index in [1.165, 1.54) is 34.7 Å². The third-order valence-corrected chi connectivity index (χ3v) is 8.19. The van der Waals surface area contributed by atoms with Crippen LogP contribution in [0, 0.1) is 6.92 Å². The lowest BCUT2D eigenvalue weighted by Gasteiger charge is -2.27. The zero-order chi connectivity index (χ0) is 27.3. The highest BCUT2D eigenvalue weighted by Crippen LogP contribution is 2.25. The average molecular weight is 536 g/mol.